The summed E-state index contributed by atoms with van der Waals surface area (Å²) in [6.07, 6.45) is 4.03. The van der Waals surface area contributed by atoms with Gasteiger partial charge in [0, 0.05) is 37.2 Å². The maximum atomic E-state index is 12.8. The Morgan fingerprint density at radius 1 is 0.909 bits per heavy atom. The Hall–Kier alpha value is -3.48. The molecule has 33 heavy (non-hydrogen) atoms. The molecule has 2 aliphatic rings. The molecule has 4 amide bonds. The summed E-state index contributed by atoms with van der Waals surface area (Å²) in [6, 6.07) is 15.1. The van der Waals surface area contributed by atoms with Gasteiger partial charge in [0.05, 0.1) is 12.5 Å². The molecule has 0 radical (unpaired) electrons. The van der Waals surface area contributed by atoms with Gasteiger partial charge in [-0.25, -0.2) is 0 Å². The van der Waals surface area contributed by atoms with E-state index >= 15 is 0 Å². The second kappa shape index (κ2) is 9.98. The topological polar surface area (TPSA) is 86.8 Å². The van der Waals surface area contributed by atoms with E-state index in [9.17, 15) is 19.2 Å². The van der Waals surface area contributed by atoms with E-state index < -0.39 is 5.92 Å². The second-order valence-corrected chi connectivity index (χ2v) is 8.74. The Morgan fingerprint density at radius 3 is 2.18 bits per heavy atom. The van der Waals surface area contributed by atoms with Crippen LogP contribution in [0.2, 0.25) is 0 Å². The van der Waals surface area contributed by atoms with Crippen molar-refractivity contribution < 1.29 is 19.2 Å². The van der Waals surface area contributed by atoms with Crippen LogP contribution < -0.4 is 10.2 Å². The van der Waals surface area contributed by atoms with Crippen LogP contribution >= 0.6 is 0 Å². The van der Waals surface area contributed by atoms with Gasteiger partial charge in [0.15, 0.2) is 0 Å². The van der Waals surface area contributed by atoms with E-state index in [2.05, 4.69) is 24.4 Å². The standard InChI is InChI=1S/C26H29N3O4/c1-2-3-4-18-7-11-22(12-8-18)28-17-20(15-25(28)32)26(33)27-21-9-5-19(6-10-21)16-29-23(30)13-14-24(29)31/h5-12,20H,2-4,13-17H2,1H3,(H,27,33). The average molecular weight is 448 g/mol. The number of aryl methyl sites for hydroxylation is 1. The lowest BCUT2D eigenvalue weighted by atomic mass is 10.1. The first kappa shape index (κ1) is 22.7. The fourth-order valence-electron chi connectivity index (χ4n) is 4.28. The summed E-state index contributed by atoms with van der Waals surface area (Å²) < 4.78 is 0. The lowest BCUT2D eigenvalue weighted by molar-refractivity contribution is -0.139. The largest absolute Gasteiger partial charge is 0.326 e. The highest BCUT2D eigenvalue weighted by Gasteiger charge is 2.35. The molecular formula is C26H29N3O4. The molecule has 7 nitrogen and oxygen atoms in total. The summed E-state index contributed by atoms with van der Waals surface area (Å²) in [5, 5.41) is 2.88. The van der Waals surface area contributed by atoms with E-state index in [1.165, 1.54) is 10.5 Å². The number of imide groups is 1. The Bertz CT molecular complexity index is 1030. The van der Waals surface area contributed by atoms with Gasteiger partial charge in [0.1, 0.15) is 0 Å². The normalized spacial score (nSPS) is 18.3. The summed E-state index contributed by atoms with van der Waals surface area (Å²) in [6.45, 7) is 2.77. The van der Waals surface area contributed by atoms with Gasteiger partial charge in [-0.05, 0) is 48.2 Å². The van der Waals surface area contributed by atoms with Crippen LogP contribution in [-0.2, 0) is 32.1 Å². The maximum absolute atomic E-state index is 12.8. The number of benzene rings is 2. The molecule has 1 unspecified atom stereocenters. The van der Waals surface area contributed by atoms with Crippen LogP contribution in [0.15, 0.2) is 48.5 Å². The minimum Gasteiger partial charge on any atom is -0.326 e. The molecule has 2 heterocycles. The molecular weight excluding hydrogens is 418 g/mol. The number of nitrogens with one attached hydrogen (secondary N) is 1. The van der Waals surface area contributed by atoms with Gasteiger partial charge < -0.3 is 10.2 Å². The van der Waals surface area contributed by atoms with Crippen molar-refractivity contribution in [1.29, 1.82) is 0 Å². The van der Waals surface area contributed by atoms with E-state index in [-0.39, 0.29) is 49.4 Å². The molecule has 7 heteroatoms. The summed E-state index contributed by atoms with van der Waals surface area (Å²) in [4.78, 5) is 51.8. The summed E-state index contributed by atoms with van der Waals surface area (Å²) >= 11 is 0. The Labute approximate surface area is 193 Å². The molecule has 0 bridgehead atoms. The van der Waals surface area contributed by atoms with Crippen LogP contribution in [-0.4, -0.2) is 35.1 Å². The number of hydrogen-bond acceptors (Lipinski definition) is 4. The smallest absolute Gasteiger partial charge is 0.229 e. The zero-order chi connectivity index (χ0) is 23.4. The van der Waals surface area contributed by atoms with Crippen molar-refractivity contribution in [3.05, 3.63) is 59.7 Å². The molecule has 0 saturated carbocycles. The maximum Gasteiger partial charge on any atom is 0.229 e. The highest BCUT2D eigenvalue weighted by molar-refractivity contribution is 6.03. The molecule has 2 aliphatic heterocycles. The molecule has 0 aromatic heterocycles. The van der Waals surface area contributed by atoms with Crippen LogP contribution in [0, 0.1) is 5.92 Å². The minimum atomic E-state index is -0.420. The van der Waals surface area contributed by atoms with Crippen LogP contribution in [0.3, 0.4) is 0 Å². The number of carbonyl (C=O) groups is 4. The highest BCUT2D eigenvalue weighted by Crippen LogP contribution is 2.27. The Kier molecular flexibility index (Phi) is 6.87. The van der Waals surface area contributed by atoms with Gasteiger partial charge in [-0.15, -0.1) is 0 Å². The second-order valence-electron chi connectivity index (χ2n) is 8.74. The lowest BCUT2D eigenvalue weighted by Crippen LogP contribution is -2.28. The van der Waals surface area contributed by atoms with E-state index in [0.717, 1.165) is 30.5 Å². The quantitative estimate of drug-likeness (QED) is 0.626. The van der Waals surface area contributed by atoms with Crippen molar-refractivity contribution in [2.75, 3.05) is 16.8 Å². The molecule has 1 N–H and O–H groups in total. The third-order valence-corrected chi connectivity index (χ3v) is 6.28. The highest BCUT2D eigenvalue weighted by atomic mass is 16.2. The number of anilines is 2. The number of amides is 4. The van der Waals surface area contributed by atoms with Crippen molar-refractivity contribution in [2.24, 2.45) is 5.92 Å². The van der Waals surface area contributed by atoms with Crippen LogP contribution in [0.1, 0.15) is 50.2 Å². The molecule has 2 fully saturated rings. The van der Waals surface area contributed by atoms with Crippen molar-refractivity contribution in [3.8, 4) is 0 Å². The van der Waals surface area contributed by atoms with Gasteiger partial charge >= 0.3 is 0 Å². The molecule has 2 saturated heterocycles. The SMILES string of the molecule is CCCCc1ccc(N2CC(C(=O)Nc3ccc(CN4C(=O)CCC4=O)cc3)CC2=O)cc1. The van der Waals surface area contributed by atoms with Crippen molar-refractivity contribution >= 4 is 35.0 Å². The number of nitrogens with zero attached hydrogens (tertiary/aromatic N) is 2. The van der Waals surface area contributed by atoms with E-state index in [0.29, 0.717) is 12.2 Å². The number of rotatable bonds is 8. The molecule has 1 atom stereocenters. The van der Waals surface area contributed by atoms with E-state index in [4.69, 9.17) is 0 Å². The van der Waals surface area contributed by atoms with Crippen LogP contribution in [0.4, 0.5) is 11.4 Å². The first-order chi connectivity index (χ1) is 15.9. The average Bonchev–Trinajstić information content (AvgIpc) is 3.36. The predicted molar refractivity (Wildman–Crippen MR) is 125 cm³/mol. The first-order valence-electron chi connectivity index (χ1n) is 11.6. The molecule has 0 spiro atoms. The van der Waals surface area contributed by atoms with Crippen LogP contribution in [0.5, 0.6) is 0 Å². The number of likely N-dealkylation sites (tertiary alicyclic amines) is 1. The number of carbonyl (C=O) groups excluding carboxylic acids is 4. The zero-order valence-corrected chi connectivity index (χ0v) is 18.9. The van der Waals surface area contributed by atoms with Crippen LogP contribution in [0.25, 0.3) is 0 Å². The van der Waals surface area contributed by atoms with Crippen molar-refractivity contribution in [2.45, 2.75) is 52.0 Å². The minimum absolute atomic E-state index is 0.0493. The van der Waals surface area contributed by atoms with E-state index in [1.807, 2.05) is 12.1 Å². The third kappa shape index (κ3) is 5.30. The van der Waals surface area contributed by atoms with E-state index in [1.54, 1.807) is 29.2 Å². The molecule has 2 aromatic carbocycles. The first-order valence-corrected chi connectivity index (χ1v) is 11.6. The summed E-state index contributed by atoms with van der Waals surface area (Å²) in [5.74, 6) is -0.960. The Morgan fingerprint density at radius 2 is 1.55 bits per heavy atom. The van der Waals surface area contributed by atoms with Crippen molar-refractivity contribution in [1.82, 2.24) is 4.90 Å². The molecule has 4 rings (SSSR count). The zero-order valence-electron chi connectivity index (χ0n) is 18.9. The third-order valence-electron chi connectivity index (χ3n) is 6.28. The summed E-state index contributed by atoms with van der Waals surface area (Å²) in [7, 11) is 0. The molecule has 172 valence electrons. The molecule has 0 aliphatic carbocycles. The fourth-order valence-corrected chi connectivity index (χ4v) is 4.28. The molecule has 2 aromatic rings. The van der Waals surface area contributed by atoms with Gasteiger partial charge in [0.25, 0.3) is 0 Å². The monoisotopic (exact) mass is 447 g/mol. The van der Waals surface area contributed by atoms with Gasteiger partial charge in [-0.3, -0.25) is 24.1 Å². The Balaban J connectivity index is 1.33. The van der Waals surface area contributed by atoms with Gasteiger partial charge in [-0.1, -0.05) is 37.6 Å². The summed E-state index contributed by atoms with van der Waals surface area (Å²) in [5.41, 5.74) is 3.52. The number of hydrogen-bond donors (Lipinski definition) is 1. The predicted octanol–water partition coefficient (Wildman–Crippen LogP) is 3.67. The van der Waals surface area contributed by atoms with Crippen molar-refractivity contribution in [3.63, 3.8) is 0 Å². The van der Waals surface area contributed by atoms with Gasteiger partial charge in [0.2, 0.25) is 23.6 Å². The lowest BCUT2D eigenvalue weighted by Gasteiger charge is -2.17. The fraction of sp³-hybridized carbons (Fsp3) is 0.385. The number of unbranched alkanes of at least 4 members (excludes halogenated alkanes) is 1. The van der Waals surface area contributed by atoms with Gasteiger partial charge in [-0.2, -0.15) is 0 Å².